The lowest BCUT2D eigenvalue weighted by molar-refractivity contribution is -0.113. The first kappa shape index (κ1) is 21.2. The van der Waals surface area contributed by atoms with E-state index in [1.165, 1.54) is 22.9 Å². The van der Waals surface area contributed by atoms with E-state index in [4.69, 9.17) is 23.2 Å². The van der Waals surface area contributed by atoms with E-state index in [1.807, 2.05) is 0 Å². The van der Waals surface area contributed by atoms with Crippen LogP contribution in [0, 0.1) is 6.92 Å². The maximum atomic E-state index is 12.4. The minimum atomic E-state index is -0.166. The molecule has 1 aliphatic carbocycles. The molecule has 3 aromatic rings. The molecule has 1 saturated carbocycles. The van der Waals surface area contributed by atoms with Crippen LogP contribution in [0.1, 0.15) is 42.1 Å². The largest absolute Gasteiger partial charge is 0.324 e. The fourth-order valence-corrected chi connectivity index (χ4v) is 4.70. The van der Waals surface area contributed by atoms with Crippen LogP contribution < -0.4 is 5.32 Å². The summed E-state index contributed by atoms with van der Waals surface area (Å²) in [6, 6.07) is 13.7. The highest BCUT2D eigenvalue weighted by Crippen LogP contribution is 2.54. The molecule has 0 saturated heterocycles. The Morgan fingerprint density at radius 2 is 1.93 bits per heavy atom. The van der Waals surface area contributed by atoms with Crippen LogP contribution >= 0.6 is 35.0 Å². The van der Waals surface area contributed by atoms with Gasteiger partial charge in [0.25, 0.3) is 0 Å². The lowest BCUT2D eigenvalue weighted by Crippen LogP contribution is -2.15. The fraction of sp³-hybridized carbons (Fsp3) is 0.318. The summed E-state index contributed by atoms with van der Waals surface area (Å²) in [4.78, 5) is 12.4. The number of rotatable bonds is 7. The molecule has 0 bridgehead atoms. The van der Waals surface area contributed by atoms with E-state index >= 15 is 0 Å². The number of anilines is 1. The van der Waals surface area contributed by atoms with E-state index in [2.05, 4.69) is 58.2 Å². The molecule has 156 valence electrons. The van der Waals surface area contributed by atoms with Crippen molar-refractivity contribution in [3.63, 3.8) is 0 Å². The Labute approximate surface area is 190 Å². The van der Waals surface area contributed by atoms with E-state index in [0.29, 0.717) is 27.6 Å². The monoisotopic (exact) mass is 460 g/mol. The molecule has 0 spiro atoms. The van der Waals surface area contributed by atoms with Gasteiger partial charge in [0.15, 0.2) is 5.16 Å². The molecular formula is C22H22Cl2N4OS. The lowest BCUT2D eigenvalue weighted by atomic mass is 10.1. The SMILES string of the molecule is CCn1c(SCC(=O)Nc2cc(Cl)ccc2Cl)nnc1[C@@H]1C[C@H]1c1ccc(C)cc1. The number of carbonyl (C=O) groups excluding carboxylic acids is 1. The fourth-order valence-electron chi connectivity index (χ4n) is 3.55. The third kappa shape index (κ3) is 4.66. The summed E-state index contributed by atoms with van der Waals surface area (Å²) in [5.41, 5.74) is 3.12. The van der Waals surface area contributed by atoms with Crippen LogP contribution in [0.3, 0.4) is 0 Å². The molecule has 8 heteroatoms. The predicted molar refractivity (Wildman–Crippen MR) is 123 cm³/mol. The number of halogens is 2. The van der Waals surface area contributed by atoms with E-state index in [9.17, 15) is 4.79 Å². The van der Waals surface area contributed by atoms with Gasteiger partial charge in [0, 0.05) is 17.5 Å². The summed E-state index contributed by atoms with van der Waals surface area (Å²) in [6.07, 6.45) is 1.08. The third-order valence-corrected chi connectivity index (χ3v) is 6.76. The van der Waals surface area contributed by atoms with Crippen LogP contribution in [0.25, 0.3) is 0 Å². The minimum Gasteiger partial charge on any atom is -0.324 e. The molecule has 0 aliphatic heterocycles. The molecule has 0 unspecified atom stereocenters. The third-order valence-electron chi connectivity index (χ3n) is 5.22. The highest BCUT2D eigenvalue weighted by molar-refractivity contribution is 7.99. The number of carbonyl (C=O) groups is 1. The summed E-state index contributed by atoms with van der Waals surface area (Å²) in [5.74, 6) is 1.93. The zero-order valence-corrected chi connectivity index (χ0v) is 19.1. The number of amides is 1. The Hall–Kier alpha value is -2.02. The smallest absolute Gasteiger partial charge is 0.234 e. The van der Waals surface area contributed by atoms with E-state index in [1.54, 1.807) is 18.2 Å². The average molecular weight is 461 g/mol. The van der Waals surface area contributed by atoms with Crippen molar-refractivity contribution in [3.8, 4) is 0 Å². The van der Waals surface area contributed by atoms with Crippen molar-refractivity contribution in [2.75, 3.05) is 11.1 Å². The maximum Gasteiger partial charge on any atom is 0.234 e. The Bertz CT molecular complexity index is 1070. The topological polar surface area (TPSA) is 59.8 Å². The number of nitrogens with zero attached hydrogens (tertiary/aromatic N) is 3. The van der Waals surface area contributed by atoms with Gasteiger partial charge in [-0.25, -0.2) is 0 Å². The highest BCUT2D eigenvalue weighted by Gasteiger charge is 2.43. The Kier molecular flexibility index (Phi) is 6.37. The van der Waals surface area contributed by atoms with Crippen LogP contribution in [-0.2, 0) is 11.3 Å². The Morgan fingerprint density at radius 3 is 2.67 bits per heavy atom. The van der Waals surface area contributed by atoms with Crippen molar-refractivity contribution < 1.29 is 4.79 Å². The molecule has 0 radical (unpaired) electrons. The predicted octanol–water partition coefficient (Wildman–Crippen LogP) is 5.92. The lowest BCUT2D eigenvalue weighted by Gasteiger charge is -2.09. The Morgan fingerprint density at radius 1 is 1.17 bits per heavy atom. The van der Waals surface area contributed by atoms with Crippen LogP contribution in [0.2, 0.25) is 10.0 Å². The second kappa shape index (κ2) is 9.00. The highest BCUT2D eigenvalue weighted by atomic mass is 35.5. The quantitative estimate of drug-likeness (QED) is 0.444. The van der Waals surface area contributed by atoms with Gasteiger partial charge < -0.3 is 9.88 Å². The second-order valence-corrected chi connectivity index (χ2v) is 9.19. The zero-order valence-electron chi connectivity index (χ0n) is 16.7. The van der Waals surface area contributed by atoms with Gasteiger partial charge in [0.05, 0.1) is 16.5 Å². The van der Waals surface area contributed by atoms with Gasteiger partial charge in [-0.2, -0.15) is 0 Å². The molecule has 4 rings (SSSR count). The number of aryl methyl sites for hydroxylation is 1. The van der Waals surface area contributed by atoms with Crippen LogP contribution in [0.4, 0.5) is 5.69 Å². The molecule has 1 amide bonds. The normalized spacial score (nSPS) is 17.7. The number of benzene rings is 2. The summed E-state index contributed by atoms with van der Waals surface area (Å²) < 4.78 is 2.11. The molecule has 1 aromatic heterocycles. The standard InChI is InChI=1S/C22H22Cl2N4OS/c1-3-28-21(17-11-16(17)14-6-4-13(2)5-7-14)26-27-22(28)30-12-20(29)25-19-10-15(23)8-9-18(19)24/h4-10,16-17H,3,11-12H2,1-2H3,(H,25,29)/t16-,17+/m0/s1. The van der Waals surface area contributed by atoms with Crippen molar-refractivity contribution >= 4 is 46.6 Å². The van der Waals surface area contributed by atoms with E-state index in [-0.39, 0.29) is 11.7 Å². The zero-order chi connectivity index (χ0) is 21.3. The second-order valence-electron chi connectivity index (χ2n) is 7.41. The molecule has 1 heterocycles. The van der Waals surface area contributed by atoms with Crippen molar-refractivity contribution in [2.24, 2.45) is 0 Å². The van der Waals surface area contributed by atoms with Gasteiger partial charge >= 0.3 is 0 Å². The number of hydrogen-bond donors (Lipinski definition) is 1. The summed E-state index contributed by atoms with van der Waals surface area (Å²) >= 11 is 13.5. The number of hydrogen-bond acceptors (Lipinski definition) is 4. The molecule has 30 heavy (non-hydrogen) atoms. The average Bonchev–Trinajstić information content (AvgIpc) is 3.41. The van der Waals surface area contributed by atoms with Crippen LogP contribution in [0.5, 0.6) is 0 Å². The summed E-state index contributed by atoms with van der Waals surface area (Å²) in [6.45, 7) is 4.94. The number of nitrogens with one attached hydrogen (secondary N) is 1. The summed E-state index contributed by atoms with van der Waals surface area (Å²) in [7, 11) is 0. The van der Waals surface area contributed by atoms with Gasteiger partial charge in [-0.15, -0.1) is 10.2 Å². The van der Waals surface area contributed by atoms with Crippen molar-refractivity contribution in [2.45, 2.75) is 43.8 Å². The molecule has 1 aliphatic rings. The van der Waals surface area contributed by atoms with Gasteiger partial charge in [-0.1, -0.05) is 64.8 Å². The first-order valence-corrected chi connectivity index (χ1v) is 11.6. The Balaban J connectivity index is 1.40. The van der Waals surface area contributed by atoms with E-state index in [0.717, 1.165) is 23.9 Å². The molecular weight excluding hydrogens is 439 g/mol. The van der Waals surface area contributed by atoms with Gasteiger partial charge in [0.1, 0.15) is 5.82 Å². The molecule has 1 fully saturated rings. The number of thioether (sulfide) groups is 1. The van der Waals surface area contributed by atoms with Crippen LogP contribution in [0.15, 0.2) is 47.6 Å². The van der Waals surface area contributed by atoms with Gasteiger partial charge in [0.2, 0.25) is 5.91 Å². The maximum absolute atomic E-state index is 12.4. The first-order chi connectivity index (χ1) is 14.5. The van der Waals surface area contributed by atoms with Gasteiger partial charge in [-0.3, -0.25) is 4.79 Å². The molecule has 1 N–H and O–H groups in total. The summed E-state index contributed by atoms with van der Waals surface area (Å²) in [5, 5.41) is 13.3. The van der Waals surface area contributed by atoms with Crippen molar-refractivity contribution in [1.82, 2.24) is 14.8 Å². The van der Waals surface area contributed by atoms with Crippen molar-refractivity contribution in [1.29, 1.82) is 0 Å². The number of aromatic nitrogens is 3. The minimum absolute atomic E-state index is 0.166. The first-order valence-electron chi connectivity index (χ1n) is 9.83. The molecule has 2 aromatic carbocycles. The van der Waals surface area contributed by atoms with Crippen molar-refractivity contribution in [3.05, 3.63) is 69.5 Å². The van der Waals surface area contributed by atoms with Crippen LogP contribution in [-0.4, -0.2) is 26.4 Å². The molecule has 5 nitrogen and oxygen atoms in total. The molecule has 2 atom stereocenters. The van der Waals surface area contributed by atoms with E-state index < -0.39 is 0 Å². The van der Waals surface area contributed by atoms with Gasteiger partial charge in [-0.05, 0) is 49.9 Å².